The Labute approximate surface area is 615 Å². The second-order valence-corrected chi connectivity index (χ2v) is 24.3. The third kappa shape index (κ3) is 33.1. The van der Waals surface area contributed by atoms with Crippen molar-refractivity contribution in [1.82, 2.24) is 24.9 Å². The Balaban J connectivity index is 0.000000396. The van der Waals surface area contributed by atoms with E-state index in [4.69, 9.17) is 33.3 Å². The van der Waals surface area contributed by atoms with Crippen LogP contribution >= 0.6 is 12.4 Å². The van der Waals surface area contributed by atoms with Crippen molar-refractivity contribution in [2.75, 3.05) is 65.6 Å². The Bertz CT molecular complexity index is 3340. The van der Waals surface area contributed by atoms with Crippen molar-refractivity contribution < 1.29 is 72.5 Å². The first-order valence-electron chi connectivity index (χ1n) is 31.5. The number of halogens is 2. The third-order valence-corrected chi connectivity index (χ3v) is 16.0. The maximum atomic E-state index is 11.7. The summed E-state index contributed by atoms with van der Waals surface area (Å²) in [5.74, 6) is 0.404. The molecule has 0 bridgehead atoms. The zero-order valence-electron chi connectivity index (χ0n) is 55.3. The van der Waals surface area contributed by atoms with Crippen molar-refractivity contribution in [1.29, 1.82) is 5.26 Å². The fourth-order valence-corrected chi connectivity index (χ4v) is 11.6. The van der Waals surface area contributed by atoms with Gasteiger partial charge in [-0.05, 0) is 71.0 Å². The number of likely N-dealkylation sites (tertiary alicyclic amines) is 4. The molecular weight excluding hydrogens is 1360 g/mol. The molecule has 8 aromatic rings. The molecule has 0 aliphatic carbocycles. The average molecular weight is 1460 g/mol. The molecule has 20 heteroatoms. The molecule has 15 nitrogen and oxygen atoms in total. The van der Waals surface area contributed by atoms with E-state index in [0.29, 0.717) is 18.9 Å². The molecule has 5 aliphatic rings. The number of hydrogen-bond acceptors (Lipinski definition) is 12. The number of nitrogens with one attached hydrogen (secondary N) is 1. The number of Topliss-reactive ketones (excluding diaryl/α,β-unsaturated/α-hetero) is 1. The van der Waals surface area contributed by atoms with Crippen LogP contribution in [0.5, 0.6) is 0 Å². The molecule has 1 amide bonds. The number of hydrogen-bond donors (Lipinski definition) is 5. The van der Waals surface area contributed by atoms with Crippen LogP contribution in [-0.4, -0.2) is 143 Å². The van der Waals surface area contributed by atoms with Crippen molar-refractivity contribution in [3.63, 3.8) is 0 Å². The van der Waals surface area contributed by atoms with Crippen molar-refractivity contribution in [3.05, 3.63) is 288 Å². The minimum Gasteiger partial charge on any atom is -1.00 e. The molecule has 0 saturated carbocycles. The largest absolute Gasteiger partial charge is 2.00 e. The van der Waals surface area contributed by atoms with Crippen LogP contribution in [-0.2, 0) is 86.1 Å². The van der Waals surface area contributed by atoms with Gasteiger partial charge in [-0.1, -0.05) is 212 Å². The Morgan fingerprint density at radius 1 is 0.562 bits per heavy atom. The van der Waals surface area contributed by atoms with Crippen LogP contribution in [0.15, 0.2) is 243 Å². The first-order chi connectivity index (χ1) is 44.5. The molecule has 0 spiro atoms. The third-order valence-electron chi connectivity index (χ3n) is 16.0. The number of benzene rings is 8. The Kier molecular flexibility index (Phi) is 42.3. The first-order valence-corrected chi connectivity index (χ1v) is 32.9. The van der Waals surface area contributed by atoms with E-state index in [-0.39, 0.29) is 88.0 Å². The molecule has 3 unspecified atom stereocenters. The van der Waals surface area contributed by atoms with Crippen LogP contribution < -0.4 is 28.0 Å². The summed E-state index contributed by atoms with van der Waals surface area (Å²) < 4.78 is 36.5. The van der Waals surface area contributed by atoms with E-state index in [0.717, 1.165) is 110 Å². The molecule has 5 saturated heterocycles. The number of ketones is 1. The minimum absolute atomic E-state index is 0. The predicted octanol–water partition coefficient (Wildman–Crippen LogP) is 9.12. The van der Waals surface area contributed by atoms with E-state index in [1.807, 2.05) is 115 Å². The van der Waals surface area contributed by atoms with Crippen molar-refractivity contribution in [2.45, 2.75) is 95.2 Å². The zero-order chi connectivity index (χ0) is 65.8. The van der Waals surface area contributed by atoms with E-state index >= 15 is 0 Å². The van der Waals surface area contributed by atoms with Gasteiger partial charge in [0.15, 0.2) is 0 Å². The number of amides is 1. The molecule has 1 radical (unpaired) electrons. The van der Waals surface area contributed by atoms with Gasteiger partial charge in [0, 0.05) is 124 Å². The Hall–Kier alpha value is -5.90. The molecule has 3 atom stereocenters. The zero-order valence-corrected chi connectivity index (χ0v) is 61.3. The van der Waals surface area contributed by atoms with Gasteiger partial charge >= 0.3 is 33.5 Å². The molecule has 13 rings (SSSR count). The van der Waals surface area contributed by atoms with Crippen LogP contribution in [0.4, 0.5) is 0 Å². The van der Waals surface area contributed by atoms with Gasteiger partial charge in [-0.15, -0.1) is 12.4 Å². The first kappa shape index (κ1) is 86.2. The number of nitrogens with zero attached hydrogens (tertiary/aromatic N) is 5. The SMILES string of the molecule is C1CCOC1.CC#N.CC(=O)NC1(c2ccccc2)CCN(Cc2ccccc2)C1.Cl.NC1(c2ccccc2)CCN(Cc2ccccc2)C1.O=C1CCN(Cc2ccccc2)C1.O=S(=O)(O)O.OC1(c2ccccc2)CCN(Cc2ccccc2)C1.[Br-].[Mg+2].[V].[c-]1ccccc1. The molecule has 8 aromatic carbocycles. The maximum Gasteiger partial charge on any atom is 2.00 e. The summed E-state index contributed by atoms with van der Waals surface area (Å²) in [7, 11) is -4.67. The number of β-amino-alcohol motifs (C(OH)–C–C–N with tert-alkyl or cyclic N) is 1. The van der Waals surface area contributed by atoms with E-state index in [1.54, 1.807) is 13.0 Å². The Morgan fingerprint density at radius 3 is 1.26 bits per heavy atom. The standard InChI is InChI=1S/C19H22N2O.C17H20N2.C17H19NO.C11H13NO.C6H5.C4H8O.C2H3N.BrH.ClH.Mg.H2O4S.V/c1-16(22)20-19(18-10-6-3-7-11-18)12-13-21(15-19)14-17-8-4-2-5-9-17;18-17(16-9-5-2-6-10-16)11-12-19(14-17)13-15-7-3-1-4-8-15;19-17(16-9-5-2-6-10-16)11-12-18(14-17)13-15-7-3-1-4-8-15;13-11-6-7-12(9-11)8-10-4-2-1-3-5-10;1-2-4-6-5-3-1;1-2-4-5-3-1;1-2-3;;;;1-5(2,3)4;/h2-11H,12-15H2,1H3,(H,20,22);1-10H,11-14,18H2;1-10,19H,11-14H2;1-5H,6-9H2;1-5H;1-4H2;1H3;2*1H;;(H2,1,2,3,4);/q;;;;-1;;;;;+2;;/p-1. The normalized spacial score (nSPS) is 19.2. The Morgan fingerprint density at radius 2 is 0.906 bits per heavy atom. The fraction of sp³-hybridized carbons (Fsp3) is 0.329. The van der Waals surface area contributed by atoms with Gasteiger partial charge < -0.3 is 37.9 Å². The molecule has 5 fully saturated rings. The molecule has 0 aromatic heterocycles. The summed E-state index contributed by atoms with van der Waals surface area (Å²) in [6, 6.07) is 86.9. The van der Waals surface area contributed by atoms with Crippen molar-refractivity contribution in [3.8, 4) is 6.07 Å². The van der Waals surface area contributed by atoms with Gasteiger partial charge in [0.1, 0.15) is 11.4 Å². The quantitative estimate of drug-likeness (QED) is 0.0439. The second kappa shape index (κ2) is 47.2. The van der Waals surface area contributed by atoms with Crippen LogP contribution in [0.1, 0.15) is 91.3 Å². The smallest absolute Gasteiger partial charge is 1.00 e. The van der Waals surface area contributed by atoms with Gasteiger partial charge in [0.2, 0.25) is 5.91 Å². The molecule has 96 heavy (non-hydrogen) atoms. The van der Waals surface area contributed by atoms with Crippen LogP contribution in [0.25, 0.3) is 0 Å². The summed E-state index contributed by atoms with van der Waals surface area (Å²) in [6.45, 7) is 15.8. The van der Waals surface area contributed by atoms with Crippen molar-refractivity contribution in [2.24, 2.45) is 5.73 Å². The van der Waals surface area contributed by atoms with E-state index in [1.165, 1.54) is 53.1 Å². The molecule has 5 heterocycles. The number of carbonyl (C=O) groups is 2. The fourth-order valence-electron chi connectivity index (χ4n) is 11.6. The molecule has 5 aliphatic heterocycles. The van der Waals surface area contributed by atoms with Crippen LogP contribution in [0, 0.1) is 17.4 Å². The number of nitriles is 1. The summed E-state index contributed by atoms with van der Waals surface area (Å²) in [5, 5.41) is 21.3. The predicted molar refractivity (Wildman–Crippen MR) is 379 cm³/mol. The minimum atomic E-state index is -4.67. The average Bonchev–Trinajstić information content (AvgIpc) is 1.61. The van der Waals surface area contributed by atoms with Gasteiger partial charge in [0.25, 0.3) is 0 Å². The monoisotopic (exact) mass is 1450 g/mol. The molecule has 507 valence electrons. The van der Waals surface area contributed by atoms with Crippen molar-refractivity contribution >= 4 is 57.5 Å². The topological polar surface area (TPSA) is 213 Å². The van der Waals surface area contributed by atoms with E-state index in [2.05, 4.69) is 158 Å². The van der Waals surface area contributed by atoms with E-state index in [9.17, 15) is 14.7 Å². The summed E-state index contributed by atoms with van der Waals surface area (Å²) in [6.07, 6.45) is 6.07. The second-order valence-electron chi connectivity index (χ2n) is 23.4. The summed E-state index contributed by atoms with van der Waals surface area (Å²) >= 11 is 0. The van der Waals surface area contributed by atoms with Crippen LogP contribution in [0.2, 0.25) is 0 Å². The molecular formula is C76H93BrClMgN7O8SV. The summed E-state index contributed by atoms with van der Waals surface area (Å²) in [4.78, 5) is 32.1. The van der Waals surface area contributed by atoms with Gasteiger partial charge in [-0.25, -0.2) is 0 Å². The van der Waals surface area contributed by atoms with Gasteiger partial charge in [-0.2, -0.15) is 50.1 Å². The van der Waals surface area contributed by atoms with Gasteiger partial charge in [-0.3, -0.25) is 38.3 Å². The number of nitrogens with two attached hydrogens (primary N) is 1. The molecule has 6 N–H and O–H groups in total. The summed E-state index contributed by atoms with van der Waals surface area (Å²) in [5.41, 5.74) is 14.2. The number of aliphatic hydroxyl groups is 1. The van der Waals surface area contributed by atoms with Crippen LogP contribution in [0.3, 0.4) is 0 Å². The number of ether oxygens (including phenoxy) is 1. The van der Waals surface area contributed by atoms with Gasteiger partial charge in [0.05, 0.1) is 23.7 Å². The number of carbonyl (C=O) groups excluding carboxylic acids is 2. The van der Waals surface area contributed by atoms with E-state index < -0.39 is 16.0 Å². The number of rotatable bonds is 12. The maximum absolute atomic E-state index is 11.7.